The number of hydrogen-bond donors (Lipinski definition) is 2. The lowest BCUT2D eigenvalue weighted by molar-refractivity contribution is -0.192. The maximum atomic E-state index is 11.2. The molecule has 2 aliphatic heterocycles. The molecule has 176 valence electrons. The van der Waals surface area contributed by atoms with E-state index in [1.807, 2.05) is 12.1 Å². The van der Waals surface area contributed by atoms with E-state index in [4.69, 9.17) is 19.4 Å². The van der Waals surface area contributed by atoms with E-state index in [1.165, 1.54) is 11.8 Å². The summed E-state index contributed by atoms with van der Waals surface area (Å²) in [6.45, 7) is 3.94. The van der Waals surface area contributed by atoms with E-state index >= 15 is 0 Å². The van der Waals surface area contributed by atoms with Gasteiger partial charge in [0.15, 0.2) is 0 Å². The van der Waals surface area contributed by atoms with Crippen molar-refractivity contribution in [1.82, 2.24) is 9.62 Å². The molecule has 31 heavy (non-hydrogen) atoms. The summed E-state index contributed by atoms with van der Waals surface area (Å²) in [6.07, 6.45) is -1.87. The van der Waals surface area contributed by atoms with Gasteiger partial charge < -0.3 is 14.6 Å². The SMILES string of the molecule is COc1ccc(CN2CC3(CCC(CNS(C)(=O)=O)CO3)C2)cc1.O=C(O)C(F)(F)F. The van der Waals surface area contributed by atoms with Gasteiger partial charge >= 0.3 is 12.1 Å². The highest BCUT2D eigenvalue weighted by molar-refractivity contribution is 7.88. The van der Waals surface area contributed by atoms with E-state index in [0.29, 0.717) is 13.2 Å². The number of benzene rings is 1. The second kappa shape index (κ2) is 10.2. The zero-order valence-corrected chi connectivity index (χ0v) is 18.1. The number of carboxylic acid groups (broad SMARTS) is 1. The van der Waals surface area contributed by atoms with Crippen molar-refractivity contribution >= 4 is 16.0 Å². The minimum Gasteiger partial charge on any atom is -0.497 e. The Morgan fingerprint density at radius 2 is 1.90 bits per heavy atom. The van der Waals surface area contributed by atoms with E-state index in [0.717, 1.165) is 38.2 Å². The predicted molar refractivity (Wildman–Crippen MR) is 106 cm³/mol. The zero-order valence-electron chi connectivity index (χ0n) is 17.3. The second-order valence-electron chi connectivity index (χ2n) is 7.82. The van der Waals surface area contributed by atoms with Crippen LogP contribution in [0, 0.1) is 5.92 Å². The standard InChI is InChI=1S/C17H26N2O4S.C2HF3O2/c1-22-16-5-3-14(4-6-16)10-19-12-17(13-19)8-7-15(11-23-17)9-18-24(2,20)21;3-2(4,5)1(6)7/h3-6,15,18H,7-13H2,1-2H3;(H,6,7). The van der Waals surface area contributed by atoms with Gasteiger partial charge in [-0.25, -0.2) is 17.9 Å². The molecule has 2 fully saturated rings. The van der Waals surface area contributed by atoms with Crippen molar-refractivity contribution in [2.75, 3.05) is 39.6 Å². The fraction of sp³-hybridized carbons (Fsp3) is 0.632. The average Bonchev–Trinajstić information content (AvgIpc) is 2.66. The highest BCUT2D eigenvalue weighted by Crippen LogP contribution is 2.36. The van der Waals surface area contributed by atoms with Crippen LogP contribution in [0.5, 0.6) is 5.75 Å². The molecule has 3 rings (SSSR count). The fourth-order valence-electron chi connectivity index (χ4n) is 3.47. The van der Waals surface area contributed by atoms with Gasteiger partial charge in [-0.15, -0.1) is 0 Å². The van der Waals surface area contributed by atoms with E-state index < -0.39 is 22.2 Å². The number of carboxylic acids is 1. The Labute approximate surface area is 179 Å². The number of hydrogen-bond acceptors (Lipinski definition) is 6. The summed E-state index contributed by atoms with van der Waals surface area (Å²) in [5.74, 6) is -1.60. The first kappa shape index (κ1) is 25.4. The monoisotopic (exact) mass is 468 g/mol. The van der Waals surface area contributed by atoms with Gasteiger partial charge in [-0.2, -0.15) is 13.2 Å². The molecule has 2 saturated heterocycles. The third-order valence-corrected chi connectivity index (χ3v) is 5.79. The van der Waals surface area contributed by atoms with Crippen LogP contribution in [-0.2, 0) is 26.1 Å². The van der Waals surface area contributed by atoms with Crippen molar-refractivity contribution in [2.45, 2.75) is 31.2 Å². The van der Waals surface area contributed by atoms with Gasteiger partial charge in [-0.3, -0.25) is 4.90 Å². The molecule has 12 heteroatoms. The van der Waals surface area contributed by atoms with Crippen LogP contribution in [0.25, 0.3) is 0 Å². The van der Waals surface area contributed by atoms with Crippen molar-refractivity contribution in [2.24, 2.45) is 5.92 Å². The molecule has 1 unspecified atom stereocenters. The summed E-state index contributed by atoms with van der Waals surface area (Å²) in [6, 6.07) is 8.17. The highest BCUT2D eigenvalue weighted by atomic mass is 32.2. The van der Waals surface area contributed by atoms with Gasteiger partial charge in [0, 0.05) is 26.2 Å². The normalized spacial score (nSPS) is 21.0. The van der Waals surface area contributed by atoms with E-state index in [9.17, 15) is 21.6 Å². The summed E-state index contributed by atoms with van der Waals surface area (Å²) >= 11 is 0. The largest absolute Gasteiger partial charge is 0.497 e. The van der Waals surface area contributed by atoms with Crippen molar-refractivity contribution in [3.8, 4) is 5.75 Å². The van der Waals surface area contributed by atoms with Crippen LogP contribution in [0.4, 0.5) is 13.2 Å². The topological polar surface area (TPSA) is 105 Å². The molecule has 0 aromatic heterocycles. The van der Waals surface area contributed by atoms with Crippen LogP contribution in [0.3, 0.4) is 0 Å². The predicted octanol–water partition coefficient (Wildman–Crippen LogP) is 1.86. The molecular formula is C19H27F3N2O6S. The molecule has 0 saturated carbocycles. The van der Waals surface area contributed by atoms with Gasteiger partial charge in [0.1, 0.15) is 5.75 Å². The van der Waals surface area contributed by atoms with Crippen molar-refractivity contribution in [3.63, 3.8) is 0 Å². The van der Waals surface area contributed by atoms with Crippen LogP contribution in [-0.4, -0.2) is 75.8 Å². The van der Waals surface area contributed by atoms with Gasteiger partial charge in [-0.05, 0) is 36.5 Å². The average molecular weight is 468 g/mol. The molecule has 8 nitrogen and oxygen atoms in total. The number of methoxy groups -OCH3 is 1. The molecule has 0 amide bonds. The van der Waals surface area contributed by atoms with Gasteiger partial charge in [0.2, 0.25) is 10.0 Å². The van der Waals surface area contributed by atoms with Crippen LogP contribution >= 0.6 is 0 Å². The molecule has 1 spiro atoms. The maximum Gasteiger partial charge on any atom is 0.490 e. The number of carbonyl (C=O) groups is 1. The molecule has 1 aromatic rings. The molecule has 2 N–H and O–H groups in total. The first-order valence-electron chi connectivity index (χ1n) is 9.56. The summed E-state index contributed by atoms with van der Waals surface area (Å²) in [5.41, 5.74) is 1.25. The fourth-order valence-corrected chi connectivity index (χ4v) is 4.01. The van der Waals surface area contributed by atoms with E-state index in [2.05, 4.69) is 21.8 Å². The van der Waals surface area contributed by atoms with E-state index in [-0.39, 0.29) is 11.5 Å². The molecular weight excluding hydrogens is 441 g/mol. The minimum absolute atomic E-state index is 0.0198. The number of nitrogens with zero attached hydrogens (tertiary/aromatic N) is 1. The Morgan fingerprint density at radius 1 is 1.32 bits per heavy atom. The van der Waals surface area contributed by atoms with Gasteiger partial charge in [0.05, 0.1) is 25.6 Å². The maximum absolute atomic E-state index is 11.2. The number of halogens is 3. The summed E-state index contributed by atoms with van der Waals surface area (Å²) < 4.78 is 67.9. The van der Waals surface area contributed by atoms with E-state index in [1.54, 1.807) is 7.11 Å². The number of ether oxygens (including phenoxy) is 2. The van der Waals surface area contributed by atoms with Gasteiger partial charge in [0.25, 0.3) is 0 Å². The van der Waals surface area contributed by atoms with Crippen LogP contribution in [0.2, 0.25) is 0 Å². The summed E-state index contributed by atoms with van der Waals surface area (Å²) in [7, 11) is -1.44. The Bertz CT molecular complexity index is 829. The van der Waals surface area contributed by atoms with Crippen LogP contribution in [0.1, 0.15) is 18.4 Å². The lowest BCUT2D eigenvalue weighted by Crippen LogP contribution is -2.64. The second-order valence-corrected chi connectivity index (χ2v) is 9.65. The third-order valence-electron chi connectivity index (χ3n) is 5.10. The first-order chi connectivity index (χ1) is 14.3. The smallest absolute Gasteiger partial charge is 0.490 e. The summed E-state index contributed by atoms with van der Waals surface area (Å²) in [5, 5.41) is 7.12. The van der Waals surface area contributed by atoms with Crippen molar-refractivity contribution in [3.05, 3.63) is 29.8 Å². The Balaban J connectivity index is 0.000000423. The number of nitrogens with one attached hydrogen (secondary N) is 1. The van der Waals surface area contributed by atoms with Crippen LogP contribution < -0.4 is 9.46 Å². The molecule has 2 aliphatic rings. The van der Waals surface area contributed by atoms with Crippen molar-refractivity contribution in [1.29, 1.82) is 0 Å². The Morgan fingerprint density at radius 3 is 2.32 bits per heavy atom. The third kappa shape index (κ3) is 8.28. The number of sulfonamides is 1. The molecule has 0 aliphatic carbocycles. The Hall–Kier alpha value is -1.89. The van der Waals surface area contributed by atoms with Crippen molar-refractivity contribution < 1.29 is 41.0 Å². The molecule has 1 atom stereocenters. The quantitative estimate of drug-likeness (QED) is 0.657. The molecule has 0 bridgehead atoms. The number of aliphatic carboxylic acids is 1. The number of likely N-dealkylation sites (tertiary alicyclic amines) is 1. The lowest BCUT2D eigenvalue weighted by Gasteiger charge is -2.53. The summed E-state index contributed by atoms with van der Waals surface area (Å²) in [4.78, 5) is 11.3. The number of rotatable bonds is 6. The highest BCUT2D eigenvalue weighted by Gasteiger charge is 2.46. The van der Waals surface area contributed by atoms with Gasteiger partial charge in [-0.1, -0.05) is 12.1 Å². The Kier molecular flexibility index (Phi) is 8.31. The molecule has 0 radical (unpaired) electrons. The molecule has 2 heterocycles. The zero-order chi connectivity index (χ0) is 23.3. The lowest BCUT2D eigenvalue weighted by atomic mass is 9.83. The number of alkyl halides is 3. The minimum atomic E-state index is -5.08. The van der Waals surface area contributed by atoms with Crippen LogP contribution in [0.15, 0.2) is 24.3 Å². The molecule has 1 aromatic carbocycles. The first-order valence-corrected chi connectivity index (χ1v) is 11.4.